The summed E-state index contributed by atoms with van der Waals surface area (Å²) in [5, 5.41) is 0. The molecule has 1 saturated heterocycles. The van der Waals surface area contributed by atoms with Gasteiger partial charge in [-0.3, -0.25) is 4.79 Å². The van der Waals surface area contributed by atoms with Gasteiger partial charge in [0.15, 0.2) is 0 Å². The largest absolute Gasteiger partial charge is 0.497 e. The highest BCUT2D eigenvalue weighted by molar-refractivity contribution is 7.89. The van der Waals surface area contributed by atoms with Crippen LogP contribution in [0.25, 0.3) is 0 Å². The quantitative estimate of drug-likeness (QED) is 0.595. The SMILES string of the molecule is COc1ccc(CN(C)C(=O)[C@H]2CCCN(S(=O)(=O)CCCc3ccccc3)C2)cc1. The molecule has 6 nitrogen and oxygen atoms in total. The number of aryl methyl sites for hydroxylation is 1. The molecule has 0 bridgehead atoms. The number of benzene rings is 2. The van der Waals surface area contributed by atoms with Crippen LogP contribution in [0.5, 0.6) is 5.75 Å². The second kappa shape index (κ2) is 10.8. The van der Waals surface area contributed by atoms with Gasteiger partial charge >= 0.3 is 0 Å². The molecule has 0 aromatic heterocycles. The fraction of sp³-hybridized carbons (Fsp3) is 0.458. The van der Waals surface area contributed by atoms with Crippen molar-refractivity contribution in [2.75, 3.05) is 33.0 Å². The van der Waals surface area contributed by atoms with E-state index in [9.17, 15) is 13.2 Å². The number of piperidine rings is 1. The third-order valence-corrected chi connectivity index (χ3v) is 7.72. The lowest BCUT2D eigenvalue weighted by Crippen LogP contribution is -2.46. The zero-order valence-corrected chi connectivity index (χ0v) is 19.2. The summed E-state index contributed by atoms with van der Waals surface area (Å²) in [7, 11) is 0.0344. The molecule has 1 aliphatic rings. The van der Waals surface area contributed by atoms with E-state index in [4.69, 9.17) is 4.74 Å². The van der Waals surface area contributed by atoms with Gasteiger partial charge in [0.1, 0.15) is 5.75 Å². The Morgan fingerprint density at radius 3 is 2.48 bits per heavy atom. The zero-order valence-electron chi connectivity index (χ0n) is 18.4. The van der Waals surface area contributed by atoms with Crippen LogP contribution in [0.1, 0.15) is 30.4 Å². The molecule has 31 heavy (non-hydrogen) atoms. The molecule has 2 aromatic rings. The molecule has 168 valence electrons. The first-order chi connectivity index (χ1) is 14.9. The van der Waals surface area contributed by atoms with Gasteiger partial charge in [0.05, 0.1) is 18.8 Å². The summed E-state index contributed by atoms with van der Waals surface area (Å²) >= 11 is 0. The van der Waals surface area contributed by atoms with E-state index < -0.39 is 10.0 Å². The first kappa shape index (κ1) is 23.3. The van der Waals surface area contributed by atoms with Crippen LogP contribution in [-0.2, 0) is 27.8 Å². The number of sulfonamides is 1. The van der Waals surface area contributed by atoms with Gasteiger partial charge < -0.3 is 9.64 Å². The lowest BCUT2D eigenvalue weighted by atomic mass is 9.98. The molecule has 1 fully saturated rings. The molecule has 1 aliphatic heterocycles. The smallest absolute Gasteiger partial charge is 0.227 e. The molecule has 2 aromatic carbocycles. The van der Waals surface area contributed by atoms with Crippen LogP contribution in [0.4, 0.5) is 0 Å². The van der Waals surface area contributed by atoms with Crippen LogP contribution >= 0.6 is 0 Å². The van der Waals surface area contributed by atoms with E-state index in [0.29, 0.717) is 25.9 Å². The minimum atomic E-state index is -3.36. The number of methoxy groups -OCH3 is 1. The molecule has 1 atom stereocenters. The average Bonchev–Trinajstić information content (AvgIpc) is 2.79. The number of rotatable bonds is 9. The van der Waals surface area contributed by atoms with Crippen molar-refractivity contribution in [2.24, 2.45) is 5.92 Å². The van der Waals surface area contributed by atoms with Crippen molar-refractivity contribution in [3.05, 3.63) is 65.7 Å². The van der Waals surface area contributed by atoms with Crippen LogP contribution in [0.2, 0.25) is 0 Å². The van der Waals surface area contributed by atoms with E-state index in [0.717, 1.165) is 29.7 Å². The van der Waals surface area contributed by atoms with Gasteiger partial charge in [-0.15, -0.1) is 0 Å². The monoisotopic (exact) mass is 444 g/mol. The number of carbonyl (C=O) groups excluding carboxylic acids is 1. The zero-order chi connectivity index (χ0) is 22.3. The Kier molecular flexibility index (Phi) is 8.09. The Bertz CT molecular complexity index is 945. The van der Waals surface area contributed by atoms with E-state index >= 15 is 0 Å². The topological polar surface area (TPSA) is 66.9 Å². The van der Waals surface area contributed by atoms with Gasteiger partial charge in [-0.05, 0) is 48.9 Å². The Morgan fingerprint density at radius 2 is 1.81 bits per heavy atom. The minimum absolute atomic E-state index is 0.00000334. The molecule has 0 spiro atoms. The third kappa shape index (κ3) is 6.55. The lowest BCUT2D eigenvalue weighted by Gasteiger charge is -2.33. The van der Waals surface area contributed by atoms with Gasteiger partial charge in [-0.1, -0.05) is 42.5 Å². The highest BCUT2D eigenvalue weighted by Gasteiger charge is 2.33. The molecular weight excluding hydrogens is 412 g/mol. The molecule has 1 amide bonds. The second-order valence-electron chi connectivity index (χ2n) is 8.14. The van der Waals surface area contributed by atoms with Crippen LogP contribution in [0.15, 0.2) is 54.6 Å². The summed E-state index contributed by atoms with van der Waals surface area (Å²) in [5.74, 6) is 0.601. The molecule has 0 unspecified atom stereocenters. The van der Waals surface area contributed by atoms with Crippen molar-refractivity contribution in [1.82, 2.24) is 9.21 Å². The van der Waals surface area contributed by atoms with Crippen molar-refractivity contribution < 1.29 is 17.9 Å². The van der Waals surface area contributed by atoms with Gasteiger partial charge in [0, 0.05) is 26.7 Å². The van der Waals surface area contributed by atoms with Gasteiger partial charge in [0.2, 0.25) is 15.9 Å². The number of hydrogen-bond donors (Lipinski definition) is 0. The summed E-state index contributed by atoms with van der Waals surface area (Å²) in [5.41, 5.74) is 2.16. The van der Waals surface area contributed by atoms with Crippen LogP contribution < -0.4 is 4.74 Å². The lowest BCUT2D eigenvalue weighted by molar-refractivity contribution is -0.135. The van der Waals surface area contributed by atoms with E-state index in [1.165, 1.54) is 4.31 Å². The maximum atomic E-state index is 13.0. The van der Waals surface area contributed by atoms with Crippen molar-refractivity contribution in [3.63, 3.8) is 0 Å². The predicted molar refractivity (Wildman–Crippen MR) is 122 cm³/mol. The Balaban J connectivity index is 1.53. The molecule has 0 radical (unpaired) electrons. The summed E-state index contributed by atoms with van der Waals surface area (Å²) in [6.07, 6.45) is 2.76. The summed E-state index contributed by atoms with van der Waals surface area (Å²) < 4.78 is 32.4. The summed E-state index contributed by atoms with van der Waals surface area (Å²) in [4.78, 5) is 14.7. The highest BCUT2D eigenvalue weighted by Crippen LogP contribution is 2.23. The van der Waals surface area contributed by atoms with Gasteiger partial charge in [-0.2, -0.15) is 0 Å². The van der Waals surface area contributed by atoms with Crippen molar-refractivity contribution in [3.8, 4) is 5.75 Å². The molecule has 0 saturated carbocycles. The fourth-order valence-corrected chi connectivity index (χ4v) is 5.61. The highest BCUT2D eigenvalue weighted by atomic mass is 32.2. The molecular formula is C24H32N2O4S. The number of amides is 1. The fourth-order valence-electron chi connectivity index (χ4n) is 4.02. The Morgan fingerprint density at radius 1 is 1.10 bits per heavy atom. The minimum Gasteiger partial charge on any atom is -0.497 e. The van der Waals surface area contributed by atoms with Gasteiger partial charge in [-0.25, -0.2) is 12.7 Å². The van der Waals surface area contributed by atoms with Crippen LogP contribution in [-0.4, -0.2) is 56.5 Å². The first-order valence-corrected chi connectivity index (χ1v) is 12.4. The standard InChI is InChI=1S/C24H32N2O4S/c1-25(18-21-12-14-23(30-2)15-13-21)24(27)22-11-6-16-26(19-22)31(28,29)17-7-10-20-8-4-3-5-9-20/h3-5,8-9,12-15,22H,6-7,10-11,16-19H2,1-2H3/t22-/m0/s1. The Hall–Kier alpha value is -2.38. The molecule has 0 aliphatic carbocycles. The maximum Gasteiger partial charge on any atom is 0.227 e. The van der Waals surface area contributed by atoms with Crippen molar-refractivity contribution in [2.45, 2.75) is 32.2 Å². The average molecular weight is 445 g/mol. The van der Waals surface area contributed by atoms with E-state index in [1.807, 2.05) is 54.6 Å². The van der Waals surface area contributed by atoms with E-state index in [2.05, 4.69) is 0 Å². The molecule has 1 heterocycles. The second-order valence-corrected chi connectivity index (χ2v) is 10.2. The molecule has 0 N–H and O–H groups in total. The number of nitrogens with zero attached hydrogens (tertiary/aromatic N) is 2. The third-order valence-electron chi connectivity index (χ3n) is 5.79. The predicted octanol–water partition coefficient (Wildman–Crippen LogP) is 3.33. The van der Waals surface area contributed by atoms with Gasteiger partial charge in [0.25, 0.3) is 0 Å². The molecule has 3 rings (SSSR count). The van der Waals surface area contributed by atoms with E-state index in [-0.39, 0.29) is 24.1 Å². The summed E-state index contributed by atoms with van der Waals surface area (Å²) in [6.45, 7) is 1.27. The first-order valence-electron chi connectivity index (χ1n) is 10.8. The summed E-state index contributed by atoms with van der Waals surface area (Å²) in [6, 6.07) is 17.5. The molecule has 7 heteroatoms. The number of hydrogen-bond acceptors (Lipinski definition) is 4. The maximum absolute atomic E-state index is 13.0. The van der Waals surface area contributed by atoms with E-state index in [1.54, 1.807) is 19.1 Å². The van der Waals surface area contributed by atoms with Crippen molar-refractivity contribution >= 4 is 15.9 Å². The van der Waals surface area contributed by atoms with Crippen molar-refractivity contribution in [1.29, 1.82) is 0 Å². The van der Waals surface area contributed by atoms with Crippen LogP contribution in [0, 0.1) is 5.92 Å². The van der Waals surface area contributed by atoms with Crippen LogP contribution in [0.3, 0.4) is 0 Å². The Labute approximate surface area is 185 Å². The normalized spacial score (nSPS) is 17.3. The number of ether oxygens (including phenoxy) is 1. The number of carbonyl (C=O) groups is 1.